The summed E-state index contributed by atoms with van der Waals surface area (Å²) >= 11 is 0. The Bertz CT molecular complexity index is 441. The zero-order valence-electron chi connectivity index (χ0n) is 10.7. The Morgan fingerprint density at radius 2 is 2.00 bits per heavy atom. The number of rotatable bonds is 6. The van der Waals surface area contributed by atoms with Gasteiger partial charge in [0.15, 0.2) is 5.78 Å². The number of Topliss-reactive ketones (excluding diaryl/α,β-unsaturated/α-hetero) is 1. The van der Waals surface area contributed by atoms with Crippen molar-refractivity contribution in [3.05, 3.63) is 29.3 Å². The lowest BCUT2D eigenvalue weighted by Gasteiger charge is -2.11. The van der Waals surface area contributed by atoms with Crippen LogP contribution < -0.4 is 4.74 Å². The summed E-state index contributed by atoms with van der Waals surface area (Å²) in [6, 6.07) is 4.76. The minimum Gasteiger partial charge on any atom is -0.496 e. The summed E-state index contributed by atoms with van der Waals surface area (Å²) in [6.45, 7) is 0.966. The van der Waals surface area contributed by atoms with Crippen molar-refractivity contribution in [3.8, 4) is 5.75 Å². The third-order valence-corrected chi connectivity index (χ3v) is 2.47. The topological polar surface area (TPSA) is 35.5 Å². The van der Waals surface area contributed by atoms with Gasteiger partial charge in [0.2, 0.25) is 0 Å². The predicted octanol–water partition coefficient (Wildman–Crippen LogP) is 3.37. The molecule has 0 atom stereocenters. The van der Waals surface area contributed by atoms with Crippen LogP contribution in [0.3, 0.4) is 0 Å². The van der Waals surface area contributed by atoms with Gasteiger partial charge in [-0.05, 0) is 25.1 Å². The molecule has 0 saturated carbocycles. The Hall–Kier alpha value is -1.56. The highest BCUT2D eigenvalue weighted by atomic mass is 19.4. The van der Waals surface area contributed by atoms with E-state index in [4.69, 9.17) is 9.47 Å². The van der Waals surface area contributed by atoms with Crippen LogP contribution in [0, 0.1) is 0 Å². The summed E-state index contributed by atoms with van der Waals surface area (Å²) < 4.78 is 45.9. The van der Waals surface area contributed by atoms with Gasteiger partial charge in [0, 0.05) is 11.1 Å². The molecule has 0 spiro atoms. The lowest BCUT2D eigenvalue weighted by Crippen LogP contribution is -2.11. The molecule has 106 valence electrons. The zero-order chi connectivity index (χ0) is 14.5. The van der Waals surface area contributed by atoms with Crippen LogP contribution in [0.4, 0.5) is 13.2 Å². The number of alkyl halides is 3. The first-order valence-corrected chi connectivity index (χ1v) is 5.66. The SMILES string of the molecule is COc1ccc(C(C)=O)cc1COCCC(F)(F)F. The second kappa shape index (κ2) is 6.56. The van der Waals surface area contributed by atoms with E-state index in [1.54, 1.807) is 18.2 Å². The molecule has 6 heteroatoms. The fourth-order valence-electron chi connectivity index (χ4n) is 1.48. The van der Waals surface area contributed by atoms with Gasteiger partial charge in [0.25, 0.3) is 0 Å². The number of hydrogen-bond donors (Lipinski definition) is 0. The summed E-state index contributed by atoms with van der Waals surface area (Å²) in [4.78, 5) is 11.2. The molecule has 0 heterocycles. The van der Waals surface area contributed by atoms with Crippen LogP contribution in [0.5, 0.6) is 5.75 Å². The molecule has 0 fully saturated rings. The second-order valence-electron chi connectivity index (χ2n) is 4.00. The standard InChI is InChI=1S/C13H15F3O3/c1-9(17)10-3-4-12(18-2)11(7-10)8-19-6-5-13(14,15)16/h3-4,7H,5-6,8H2,1-2H3. The highest BCUT2D eigenvalue weighted by Crippen LogP contribution is 2.23. The molecule has 0 aliphatic rings. The Kier molecular flexibility index (Phi) is 5.35. The van der Waals surface area contributed by atoms with Crippen LogP contribution in [-0.2, 0) is 11.3 Å². The molecule has 3 nitrogen and oxygen atoms in total. The molecule has 19 heavy (non-hydrogen) atoms. The highest BCUT2D eigenvalue weighted by Gasteiger charge is 2.26. The van der Waals surface area contributed by atoms with Crippen LogP contribution in [0.25, 0.3) is 0 Å². The Balaban J connectivity index is 2.65. The number of benzene rings is 1. The molecule has 0 saturated heterocycles. The van der Waals surface area contributed by atoms with E-state index < -0.39 is 19.2 Å². The lowest BCUT2D eigenvalue weighted by molar-refractivity contribution is -0.146. The van der Waals surface area contributed by atoms with E-state index in [0.717, 1.165) is 0 Å². The minimum atomic E-state index is -4.23. The number of methoxy groups -OCH3 is 1. The number of hydrogen-bond acceptors (Lipinski definition) is 3. The van der Waals surface area contributed by atoms with E-state index >= 15 is 0 Å². The van der Waals surface area contributed by atoms with Crippen molar-refractivity contribution in [2.75, 3.05) is 13.7 Å². The van der Waals surface area contributed by atoms with Crippen molar-refractivity contribution < 1.29 is 27.4 Å². The van der Waals surface area contributed by atoms with Gasteiger partial charge in [-0.25, -0.2) is 0 Å². The number of ether oxygens (including phenoxy) is 2. The summed E-state index contributed by atoms with van der Waals surface area (Å²) in [7, 11) is 1.45. The molecule has 0 aliphatic carbocycles. The van der Waals surface area contributed by atoms with Crippen LogP contribution in [0.15, 0.2) is 18.2 Å². The van der Waals surface area contributed by atoms with Crippen molar-refractivity contribution in [2.24, 2.45) is 0 Å². The molecule has 1 aromatic rings. The quantitative estimate of drug-likeness (QED) is 0.590. The van der Waals surface area contributed by atoms with Crippen molar-refractivity contribution in [2.45, 2.75) is 26.1 Å². The second-order valence-corrected chi connectivity index (χ2v) is 4.00. The normalized spacial score (nSPS) is 11.4. The van der Waals surface area contributed by atoms with Crippen molar-refractivity contribution in [1.82, 2.24) is 0 Å². The molecular formula is C13H15F3O3. The van der Waals surface area contributed by atoms with Gasteiger partial charge >= 0.3 is 6.18 Å². The summed E-state index contributed by atoms with van der Waals surface area (Å²) in [5.74, 6) is 0.358. The molecule has 0 N–H and O–H groups in total. The first-order valence-electron chi connectivity index (χ1n) is 5.66. The molecule has 0 aliphatic heterocycles. The third-order valence-electron chi connectivity index (χ3n) is 2.47. The molecular weight excluding hydrogens is 261 g/mol. The Morgan fingerprint density at radius 3 is 2.53 bits per heavy atom. The van der Waals surface area contributed by atoms with Gasteiger partial charge < -0.3 is 9.47 Å². The van der Waals surface area contributed by atoms with Gasteiger partial charge in [-0.1, -0.05) is 0 Å². The fraction of sp³-hybridized carbons (Fsp3) is 0.462. The average Bonchev–Trinajstić information content (AvgIpc) is 2.33. The fourth-order valence-corrected chi connectivity index (χ4v) is 1.48. The van der Waals surface area contributed by atoms with Crippen molar-refractivity contribution in [1.29, 1.82) is 0 Å². The molecule has 0 radical (unpaired) electrons. The monoisotopic (exact) mass is 276 g/mol. The first kappa shape index (κ1) is 15.5. The molecule has 0 amide bonds. The van der Waals surface area contributed by atoms with E-state index in [-0.39, 0.29) is 12.4 Å². The van der Waals surface area contributed by atoms with E-state index in [2.05, 4.69) is 0 Å². The van der Waals surface area contributed by atoms with Gasteiger partial charge in [-0.15, -0.1) is 0 Å². The first-order chi connectivity index (χ1) is 8.83. The van der Waals surface area contributed by atoms with Gasteiger partial charge in [0.05, 0.1) is 26.7 Å². The lowest BCUT2D eigenvalue weighted by atomic mass is 10.1. The maximum Gasteiger partial charge on any atom is 0.391 e. The van der Waals surface area contributed by atoms with Gasteiger partial charge in [-0.3, -0.25) is 4.79 Å². The van der Waals surface area contributed by atoms with Crippen LogP contribution >= 0.6 is 0 Å². The Labute approximate surface area is 109 Å². The molecule has 0 aromatic heterocycles. The van der Waals surface area contributed by atoms with Crippen LogP contribution in [0.1, 0.15) is 29.3 Å². The molecule has 0 bridgehead atoms. The van der Waals surface area contributed by atoms with E-state index in [0.29, 0.717) is 16.9 Å². The summed E-state index contributed by atoms with van der Waals surface area (Å²) in [5.41, 5.74) is 1.02. The smallest absolute Gasteiger partial charge is 0.391 e. The third kappa shape index (κ3) is 5.30. The zero-order valence-corrected chi connectivity index (χ0v) is 10.7. The number of ketones is 1. The Morgan fingerprint density at radius 1 is 1.32 bits per heavy atom. The largest absolute Gasteiger partial charge is 0.496 e. The predicted molar refractivity (Wildman–Crippen MR) is 63.3 cm³/mol. The maximum atomic E-state index is 11.9. The average molecular weight is 276 g/mol. The molecule has 1 rings (SSSR count). The molecule has 1 aromatic carbocycles. The molecule has 0 unspecified atom stereocenters. The number of carbonyl (C=O) groups is 1. The highest BCUT2D eigenvalue weighted by molar-refractivity contribution is 5.94. The van der Waals surface area contributed by atoms with Gasteiger partial charge in [0.1, 0.15) is 5.75 Å². The van der Waals surface area contributed by atoms with Crippen molar-refractivity contribution in [3.63, 3.8) is 0 Å². The summed E-state index contributed by atoms with van der Waals surface area (Å²) in [6.07, 6.45) is -5.23. The van der Waals surface area contributed by atoms with Crippen molar-refractivity contribution >= 4 is 5.78 Å². The number of halogens is 3. The van der Waals surface area contributed by atoms with E-state index in [9.17, 15) is 18.0 Å². The maximum absolute atomic E-state index is 11.9. The van der Waals surface area contributed by atoms with Gasteiger partial charge in [-0.2, -0.15) is 13.2 Å². The van der Waals surface area contributed by atoms with Crippen LogP contribution in [0.2, 0.25) is 0 Å². The van der Waals surface area contributed by atoms with E-state index in [1.165, 1.54) is 14.0 Å². The summed E-state index contributed by atoms with van der Waals surface area (Å²) in [5, 5.41) is 0. The minimum absolute atomic E-state index is 0.0274. The van der Waals surface area contributed by atoms with E-state index in [1.807, 2.05) is 0 Å². The van der Waals surface area contributed by atoms with Crippen LogP contribution in [-0.4, -0.2) is 25.7 Å². The number of carbonyl (C=O) groups excluding carboxylic acids is 1.